The molecular formula is C17H27NO2. The molecule has 1 N–H and O–H groups in total. The van der Waals surface area contributed by atoms with E-state index >= 15 is 0 Å². The molecule has 0 bridgehead atoms. The molecule has 20 heavy (non-hydrogen) atoms. The molecule has 0 spiro atoms. The lowest BCUT2D eigenvalue weighted by Gasteiger charge is -2.12. The van der Waals surface area contributed by atoms with Gasteiger partial charge in [0.05, 0.1) is 13.2 Å². The quantitative estimate of drug-likeness (QED) is 0.695. The van der Waals surface area contributed by atoms with Crippen LogP contribution in [0.25, 0.3) is 5.57 Å². The van der Waals surface area contributed by atoms with Crippen LogP contribution in [0, 0.1) is 0 Å². The maximum atomic E-state index is 5.66. The van der Waals surface area contributed by atoms with E-state index in [1.807, 2.05) is 19.9 Å². The number of benzene rings is 1. The Bertz CT molecular complexity index is 427. The van der Waals surface area contributed by atoms with Crippen molar-refractivity contribution in [3.05, 3.63) is 29.8 Å². The summed E-state index contributed by atoms with van der Waals surface area (Å²) in [6.07, 6.45) is 3.30. The van der Waals surface area contributed by atoms with Crippen LogP contribution in [0.5, 0.6) is 11.5 Å². The second-order valence-electron chi connectivity index (χ2n) is 4.56. The van der Waals surface area contributed by atoms with Crippen LogP contribution in [0.3, 0.4) is 0 Å². The summed E-state index contributed by atoms with van der Waals surface area (Å²) in [5.74, 6) is 1.64. The molecule has 0 atom stereocenters. The highest BCUT2D eigenvalue weighted by Crippen LogP contribution is 2.31. The monoisotopic (exact) mass is 277 g/mol. The maximum absolute atomic E-state index is 5.66. The van der Waals surface area contributed by atoms with Gasteiger partial charge in [-0.1, -0.05) is 19.1 Å². The summed E-state index contributed by atoms with van der Waals surface area (Å²) in [5, 5.41) is 3.32. The molecule has 0 aliphatic carbocycles. The molecule has 0 saturated carbocycles. The lowest BCUT2D eigenvalue weighted by atomic mass is 10.1. The van der Waals surface area contributed by atoms with E-state index in [0.717, 1.165) is 31.0 Å². The second kappa shape index (κ2) is 9.43. The molecule has 0 unspecified atom stereocenters. The number of hydrogen-bond donors (Lipinski definition) is 1. The highest BCUT2D eigenvalue weighted by Gasteiger charge is 2.06. The first kappa shape index (κ1) is 16.6. The second-order valence-corrected chi connectivity index (χ2v) is 4.56. The van der Waals surface area contributed by atoms with Crippen LogP contribution >= 0.6 is 0 Å². The minimum atomic E-state index is 0.646. The Kier molecular flexibility index (Phi) is 7.81. The SMILES string of the molecule is CCNCCC=C(C)c1ccc(OCC)c(OCC)c1. The Hall–Kier alpha value is -1.48. The standard InChI is InChI=1S/C17H27NO2/c1-5-18-12-8-9-14(4)15-10-11-16(19-6-2)17(13-15)20-7-3/h9-11,13,18H,5-8,12H2,1-4H3. The first-order valence-electron chi connectivity index (χ1n) is 7.50. The number of ether oxygens (including phenoxy) is 2. The number of allylic oxidation sites excluding steroid dienone is 1. The van der Waals surface area contributed by atoms with Crippen molar-refractivity contribution in [2.24, 2.45) is 0 Å². The van der Waals surface area contributed by atoms with E-state index < -0.39 is 0 Å². The van der Waals surface area contributed by atoms with E-state index in [2.05, 4.69) is 37.4 Å². The number of rotatable bonds is 9. The molecule has 3 nitrogen and oxygen atoms in total. The van der Waals surface area contributed by atoms with Gasteiger partial charge in [0.1, 0.15) is 0 Å². The molecule has 112 valence electrons. The number of hydrogen-bond acceptors (Lipinski definition) is 3. The molecule has 3 heteroatoms. The summed E-state index contributed by atoms with van der Waals surface area (Å²) in [6, 6.07) is 6.14. The molecule has 0 aliphatic rings. The van der Waals surface area contributed by atoms with Crippen LogP contribution < -0.4 is 14.8 Å². The summed E-state index contributed by atoms with van der Waals surface area (Å²) >= 11 is 0. The van der Waals surface area contributed by atoms with Crippen LogP contribution in [0.1, 0.15) is 39.7 Å². The van der Waals surface area contributed by atoms with Gasteiger partial charge < -0.3 is 14.8 Å². The fraction of sp³-hybridized carbons (Fsp3) is 0.529. The highest BCUT2D eigenvalue weighted by atomic mass is 16.5. The Morgan fingerprint density at radius 3 is 2.45 bits per heavy atom. The smallest absolute Gasteiger partial charge is 0.161 e. The summed E-state index contributed by atoms with van der Waals surface area (Å²) in [7, 11) is 0. The Morgan fingerprint density at radius 1 is 1.10 bits per heavy atom. The van der Waals surface area contributed by atoms with Gasteiger partial charge >= 0.3 is 0 Å². The van der Waals surface area contributed by atoms with E-state index in [1.54, 1.807) is 0 Å². The normalized spacial score (nSPS) is 11.5. The molecule has 0 saturated heterocycles. The van der Waals surface area contributed by atoms with Crippen LogP contribution in [0.15, 0.2) is 24.3 Å². The molecule has 0 fully saturated rings. The molecule has 0 aliphatic heterocycles. The first-order valence-corrected chi connectivity index (χ1v) is 7.50. The zero-order chi connectivity index (χ0) is 14.8. The topological polar surface area (TPSA) is 30.5 Å². The molecule has 0 heterocycles. The van der Waals surface area contributed by atoms with Crippen LogP contribution in [0.4, 0.5) is 0 Å². The fourth-order valence-corrected chi connectivity index (χ4v) is 1.98. The summed E-state index contributed by atoms with van der Waals surface area (Å²) in [4.78, 5) is 0. The van der Waals surface area contributed by atoms with Crippen LogP contribution in [-0.4, -0.2) is 26.3 Å². The summed E-state index contributed by atoms with van der Waals surface area (Å²) < 4.78 is 11.2. The molecule has 1 rings (SSSR count). The predicted octanol–water partition coefficient (Wildman–Crippen LogP) is 3.89. The molecule has 0 amide bonds. The number of nitrogens with one attached hydrogen (secondary N) is 1. The van der Waals surface area contributed by atoms with Gasteiger partial charge in [-0.15, -0.1) is 0 Å². The van der Waals surface area contributed by atoms with Gasteiger partial charge in [0, 0.05) is 0 Å². The van der Waals surface area contributed by atoms with Gasteiger partial charge in [0.15, 0.2) is 11.5 Å². The van der Waals surface area contributed by atoms with Gasteiger partial charge in [-0.05, 0) is 63.6 Å². The van der Waals surface area contributed by atoms with E-state index in [0.29, 0.717) is 13.2 Å². The zero-order valence-corrected chi connectivity index (χ0v) is 13.2. The van der Waals surface area contributed by atoms with E-state index in [1.165, 1.54) is 11.1 Å². The average molecular weight is 277 g/mol. The van der Waals surface area contributed by atoms with Gasteiger partial charge in [0.2, 0.25) is 0 Å². The van der Waals surface area contributed by atoms with Gasteiger partial charge in [0.25, 0.3) is 0 Å². The summed E-state index contributed by atoms with van der Waals surface area (Å²) in [6.45, 7) is 11.6. The molecule has 1 aromatic carbocycles. The Morgan fingerprint density at radius 2 is 1.80 bits per heavy atom. The Labute approximate surface area is 123 Å². The lowest BCUT2D eigenvalue weighted by Crippen LogP contribution is -2.13. The van der Waals surface area contributed by atoms with Crippen molar-refractivity contribution in [1.82, 2.24) is 5.32 Å². The minimum absolute atomic E-state index is 0.646. The van der Waals surface area contributed by atoms with Crippen molar-refractivity contribution in [2.75, 3.05) is 26.3 Å². The first-order chi connectivity index (χ1) is 9.72. The van der Waals surface area contributed by atoms with Crippen molar-refractivity contribution >= 4 is 5.57 Å². The van der Waals surface area contributed by atoms with E-state index in [9.17, 15) is 0 Å². The molecule has 1 aromatic rings. The molecule has 0 radical (unpaired) electrons. The van der Waals surface area contributed by atoms with Crippen molar-refractivity contribution < 1.29 is 9.47 Å². The maximum Gasteiger partial charge on any atom is 0.161 e. The van der Waals surface area contributed by atoms with Crippen LogP contribution in [0.2, 0.25) is 0 Å². The molecular weight excluding hydrogens is 250 g/mol. The fourth-order valence-electron chi connectivity index (χ4n) is 1.98. The van der Waals surface area contributed by atoms with E-state index in [-0.39, 0.29) is 0 Å². The predicted molar refractivity (Wildman–Crippen MR) is 85.6 cm³/mol. The van der Waals surface area contributed by atoms with Crippen LogP contribution in [-0.2, 0) is 0 Å². The highest BCUT2D eigenvalue weighted by molar-refractivity contribution is 5.66. The molecule has 0 aromatic heterocycles. The largest absolute Gasteiger partial charge is 0.490 e. The lowest BCUT2D eigenvalue weighted by molar-refractivity contribution is 0.287. The minimum Gasteiger partial charge on any atom is -0.490 e. The van der Waals surface area contributed by atoms with Gasteiger partial charge in [-0.3, -0.25) is 0 Å². The third-order valence-corrected chi connectivity index (χ3v) is 3.02. The zero-order valence-electron chi connectivity index (χ0n) is 13.2. The van der Waals surface area contributed by atoms with Crippen molar-refractivity contribution in [3.8, 4) is 11.5 Å². The van der Waals surface area contributed by atoms with Gasteiger partial charge in [-0.25, -0.2) is 0 Å². The van der Waals surface area contributed by atoms with Crippen molar-refractivity contribution in [2.45, 2.75) is 34.1 Å². The Balaban J connectivity index is 2.81. The van der Waals surface area contributed by atoms with Gasteiger partial charge in [-0.2, -0.15) is 0 Å². The van der Waals surface area contributed by atoms with Crippen molar-refractivity contribution in [1.29, 1.82) is 0 Å². The van der Waals surface area contributed by atoms with E-state index in [4.69, 9.17) is 9.47 Å². The third-order valence-electron chi connectivity index (χ3n) is 3.02. The third kappa shape index (κ3) is 5.25. The average Bonchev–Trinajstić information content (AvgIpc) is 2.45. The summed E-state index contributed by atoms with van der Waals surface area (Å²) in [5.41, 5.74) is 2.46. The van der Waals surface area contributed by atoms with Crippen molar-refractivity contribution in [3.63, 3.8) is 0 Å².